The Morgan fingerprint density at radius 1 is 1.32 bits per heavy atom. The van der Waals surface area contributed by atoms with Crippen molar-refractivity contribution in [2.24, 2.45) is 0 Å². The number of benzene rings is 1. The first-order valence-electron chi connectivity index (χ1n) is 6.99. The standard InChI is InChI=1S/C15H24N2O2/c1-12-11-19-13(2)10-17(12)8-3-9-18-15-6-4-14(16)5-7-15/h4-7,12-13H,3,8-11,16H2,1-2H3. The molecule has 0 radical (unpaired) electrons. The summed E-state index contributed by atoms with van der Waals surface area (Å²) in [5, 5.41) is 0. The average Bonchev–Trinajstić information content (AvgIpc) is 2.40. The highest BCUT2D eigenvalue weighted by molar-refractivity contribution is 5.41. The van der Waals surface area contributed by atoms with Crippen molar-refractivity contribution in [1.82, 2.24) is 4.90 Å². The van der Waals surface area contributed by atoms with Crippen LogP contribution in [-0.2, 0) is 4.74 Å². The van der Waals surface area contributed by atoms with E-state index in [9.17, 15) is 0 Å². The Morgan fingerprint density at radius 2 is 2.05 bits per heavy atom. The Balaban J connectivity index is 1.67. The molecule has 19 heavy (non-hydrogen) atoms. The quantitative estimate of drug-likeness (QED) is 0.654. The van der Waals surface area contributed by atoms with Crippen molar-refractivity contribution in [3.05, 3.63) is 24.3 Å². The molecule has 1 heterocycles. The Morgan fingerprint density at radius 3 is 2.79 bits per heavy atom. The third kappa shape index (κ3) is 4.40. The van der Waals surface area contributed by atoms with Crippen LogP contribution in [0.4, 0.5) is 5.69 Å². The van der Waals surface area contributed by atoms with Crippen LogP contribution in [0, 0.1) is 0 Å². The van der Waals surface area contributed by atoms with Crippen LogP contribution >= 0.6 is 0 Å². The second-order valence-electron chi connectivity index (χ2n) is 5.26. The number of rotatable bonds is 5. The predicted molar refractivity (Wildman–Crippen MR) is 77.4 cm³/mol. The van der Waals surface area contributed by atoms with Gasteiger partial charge in [0, 0.05) is 24.8 Å². The van der Waals surface area contributed by atoms with Crippen molar-refractivity contribution in [3.8, 4) is 5.75 Å². The molecule has 0 spiro atoms. The fourth-order valence-corrected chi connectivity index (χ4v) is 2.31. The van der Waals surface area contributed by atoms with Gasteiger partial charge in [-0.1, -0.05) is 0 Å². The SMILES string of the molecule is CC1CN(CCCOc2ccc(N)cc2)C(C)CO1. The molecule has 0 bridgehead atoms. The van der Waals surface area contributed by atoms with E-state index in [0.717, 1.165) is 44.2 Å². The topological polar surface area (TPSA) is 47.7 Å². The molecule has 1 fully saturated rings. The van der Waals surface area contributed by atoms with Crippen molar-refractivity contribution in [1.29, 1.82) is 0 Å². The Kier molecular flexibility index (Phi) is 5.05. The maximum Gasteiger partial charge on any atom is 0.119 e. The van der Waals surface area contributed by atoms with Gasteiger partial charge in [0.05, 0.1) is 19.3 Å². The first kappa shape index (κ1) is 14.2. The van der Waals surface area contributed by atoms with Crippen LogP contribution in [0.1, 0.15) is 20.3 Å². The van der Waals surface area contributed by atoms with E-state index in [2.05, 4.69) is 18.7 Å². The van der Waals surface area contributed by atoms with E-state index in [-0.39, 0.29) is 0 Å². The lowest BCUT2D eigenvalue weighted by atomic mass is 10.2. The second-order valence-corrected chi connectivity index (χ2v) is 5.26. The first-order valence-corrected chi connectivity index (χ1v) is 6.99. The molecule has 0 aromatic heterocycles. The number of nitrogens with zero attached hydrogens (tertiary/aromatic N) is 1. The molecule has 1 aliphatic rings. The molecule has 2 unspecified atom stereocenters. The summed E-state index contributed by atoms with van der Waals surface area (Å²) in [5.41, 5.74) is 6.40. The van der Waals surface area contributed by atoms with Gasteiger partial charge in [0.25, 0.3) is 0 Å². The molecule has 2 N–H and O–H groups in total. The van der Waals surface area contributed by atoms with Crippen molar-refractivity contribution in [2.45, 2.75) is 32.4 Å². The molecular weight excluding hydrogens is 240 g/mol. The molecule has 2 rings (SSSR count). The number of ether oxygens (including phenoxy) is 2. The lowest BCUT2D eigenvalue weighted by Crippen LogP contribution is -2.47. The van der Waals surface area contributed by atoms with Crippen LogP contribution in [0.15, 0.2) is 24.3 Å². The van der Waals surface area contributed by atoms with Gasteiger partial charge >= 0.3 is 0 Å². The largest absolute Gasteiger partial charge is 0.494 e. The van der Waals surface area contributed by atoms with E-state index in [0.29, 0.717) is 12.1 Å². The zero-order chi connectivity index (χ0) is 13.7. The molecule has 4 heteroatoms. The smallest absolute Gasteiger partial charge is 0.119 e. The van der Waals surface area contributed by atoms with Crippen LogP contribution in [0.5, 0.6) is 5.75 Å². The number of nitrogen functional groups attached to an aromatic ring is 1. The van der Waals surface area contributed by atoms with Gasteiger partial charge in [0.15, 0.2) is 0 Å². The van der Waals surface area contributed by atoms with Gasteiger partial charge in [-0.2, -0.15) is 0 Å². The summed E-state index contributed by atoms with van der Waals surface area (Å²) in [5.74, 6) is 0.887. The highest BCUT2D eigenvalue weighted by Gasteiger charge is 2.22. The summed E-state index contributed by atoms with van der Waals surface area (Å²) < 4.78 is 11.3. The van der Waals surface area contributed by atoms with Gasteiger partial charge in [-0.3, -0.25) is 4.90 Å². The van der Waals surface area contributed by atoms with E-state index in [1.165, 1.54) is 0 Å². The fraction of sp³-hybridized carbons (Fsp3) is 0.600. The normalized spacial score (nSPS) is 24.3. The minimum absolute atomic E-state index is 0.342. The summed E-state index contributed by atoms with van der Waals surface area (Å²) in [6, 6.07) is 8.05. The van der Waals surface area contributed by atoms with Crippen LogP contribution in [-0.4, -0.2) is 43.3 Å². The highest BCUT2D eigenvalue weighted by Crippen LogP contribution is 2.14. The number of morpholine rings is 1. The minimum atomic E-state index is 0.342. The molecule has 1 aromatic carbocycles. The van der Waals surface area contributed by atoms with Gasteiger partial charge in [-0.15, -0.1) is 0 Å². The maximum atomic E-state index is 5.70. The molecule has 106 valence electrons. The number of hydrogen-bond donors (Lipinski definition) is 1. The van der Waals surface area contributed by atoms with Gasteiger partial charge in [-0.05, 0) is 44.5 Å². The first-order chi connectivity index (χ1) is 9.15. The van der Waals surface area contributed by atoms with E-state index in [4.69, 9.17) is 15.2 Å². The van der Waals surface area contributed by atoms with Gasteiger partial charge in [-0.25, -0.2) is 0 Å². The zero-order valence-electron chi connectivity index (χ0n) is 11.8. The number of nitrogens with two attached hydrogens (primary N) is 1. The molecule has 0 aliphatic carbocycles. The third-order valence-corrected chi connectivity index (χ3v) is 3.48. The van der Waals surface area contributed by atoms with Crippen molar-refractivity contribution >= 4 is 5.69 Å². The Labute approximate surface area is 115 Å². The molecule has 4 nitrogen and oxygen atoms in total. The van der Waals surface area contributed by atoms with E-state index in [1.807, 2.05) is 24.3 Å². The monoisotopic (exact) mass is 264 g/mol. The van der Waals surface area contributed by atoms with Crippen molar-refractivity contribution < 1.29 is 9.47 Å². The summed E-state index contributed by atoms with van der Waals surface area (Å²) in [4.78, 5) is 2.47. The molecule has 0 amide bonds. The van der Waals surface area contributed by atoms with Gasteiger partial charge in [0.1, 0.15) is 5.75 Å². The second kappa shape index (κ2) is 6.78. The van der Waals surface area contributed by atoms with Crippen LogP contribution in [0.3, 0.4) is 0 Å². The van der Waals surface area contributed by atoms with Crippen molar-refractivity contribution in [2.75, 3.05) is 32.0 Å². The summed E-state index contributed by atoms with van der Waals surface area (Å²) >= 11 is 0. The summed E-state index contributed by atoms with van der Waals surface area (Å²) in [7, 11) is 0. The molecule has 1 aliphatic heterocycles. The van der Waals surface area contributed by atoms with Crippen LogP contribution < -0.4 is 10.5 Å². The molecule has 0 saturated carbocycles. The third-order valence-electron chi connectivity index (χ3n) is 3.48. The van der Waals surface area contributed by atoms with Crippen molar-refractivity contribution in [3.63, 3.8) is 0 Å². The Bertz CT molecular complexity index is 380. The molecule has 2 atom stereocenters. The van der Waals surface area contributed by atoms with Crippen LogP contribution in [0.25, 0.3) is 0 Å². The molecule has 1 aromatic rings. The Hall–Kier alpha value is -1.26. The average molecular weight is 264 g/mol. The van der Waals surface area contributed by atoms with Crippen LogP contribution in [0.2, 0.25) is 0 Å². The van der Waals surface area contributed by atoms with Gasteiger partial charge in [0.2, 0.25) is 0 Å². The fourth-order valence-electron chi connectivity index (χ4n) is 2.31. The summed E-state index contributed by atoms with van der Waals surface area (Å²) in [6.45, 7) is 7.99. The van der Waals surface area contributed by atoms with Gasteiger partial charge < -0.3 is 15.2 Å². The van der Waals surface area contributed by atoms with E-state index in [1.54, 1.807) is 0 Å². The summed E-state index contributed by atoms with van der Waals surface area (Å²) in [6.07, 6.45) is 1.37. The lowest BCUT2D eigenvalue weighted by Gasteiger charge is -2.36. The highest BCUT2D eigenvalue weighted by atomic mass is 16.5. The van der Waals surface area contributed by atoms with E-state index < -0.39 is 0 Å². The predicted octanol–water partition coefficient (Wildman–Crippen LogP) is 2.15. The number of hydrogen-bond acceptors (Lipinski definition) is 4. The maximum absolute atomic E-state index is 5.70. The molecular formula is C15H24N2O2. The number of anilines is 1. The zero-order valence-corrected chi connectivity index (χ0v) is 11.8. The van der Waals surface area contributed by atoms with E-state index >= 15 is 0 Å². The minimum Gasteiger partial charge on any atom is -0.494 e. The lowest BCUT2D eigenvalue weighted by molar-refractivity contribution is -0.0502. The molecule has 1 saturated heterocycles.